The third-order valence-electron chi connectivity index (χ3n) is 4.95. The molecular formula is C20H20N2O2. The Morgan fingerprint density at radius 1 is 1.17 bits per heavy atom. The lowest BCUT2D eigenvalue weighted by Gasteiger charge is -2.30. The Balaban J connectivity index is 1.92. The van der Waals surface area contributed by atoms with Crippen molar-refractivity contribution >= 4 is 16.9 Å². The molecule has 0 saturated carbocycles. The highest BCUT2D eigenvalue weighted by Crippen LogP contribution is 2.36. The van der Waals surface area contributed by atoms with Crippen LogP contribution < -0.4 is 5.32 Å². The highest BCUT2D eigenvalue weighted by molar-refractivity contribution is 5.87. The number of benzene rings is 2. The molecule has 1 aliphatic heterocycles. The van der Waals surface area contributed by atoms with E-state index in [9.17, 15) is 9.90 Å². The van der Waals surface area contributed by atoms with Crippen LogP contribution in [-0.4, -0.2) is 22.1 Å². The Kier molecular flexibility index (Phi) is 3.43. The summed E-state index contributed by atoms with van der Waals surface area (Å²) >= 11 is 0. The molecule has 122 valence electrons. The van der Waals surface area contributed by atoms with Crippen LogP contribution in [0.25, 0.3) is 10.9 Å². The van der Waals surface area contributed by atoms with E-state index in [0.29, 0.717) is 6.42 Å². The fraction of sp³-hybridized carbons (Fsp3) is 0.250. The van der Waals surface area contributed by atoms with Crippen LogP contribution in [0.2, 0.25) is 0 Å². The minimum absolute atomic E-state index is 0.136. The molecule has 0 fully saturated rings. The highest BCUT2D eigenvalue weighted by Gasteiger charge is 2.34. The first-order chi connectivity index (χ1) is 11.5. The Labute approximate surface area is 140 Å². The van der Waals surface area contributed by atoms with E-state index in [4.69, 9.17) is 0 Å². The van der Waals surface area contributed by atoms with Gasteiger partial charge in [-0.2, -0.15) is 0 Å². The number of aliphatic carboxylic acids is 1. The quantitative estimate of drug-likeness (QED) is 0.677. The molecule has 1 aliphatic rings. The number of para-hydroxylation sites is 1. The van der Waals surface area contributed by atoms with Crippen molar-refractivity contribution in [2.45, 2.75) is 32.4 Å². The summed E-state index contributed by atoms with van der Waals surface area (Å²) in [7, 11) is 0. The van der Waals surface area contributed by atoms with Crippen molar-refractivity contribution in [3.8, 4) is 0 Å². The zero-order chi connectivity index (χ0) is 16.8. The maximum atomic E-state index is 11.7. The SMILES string of the molecule is Cc1ccc([C@@H]2N[C@H](C(=O)O)Cc3c2[nH]c2ccccc32)c(C)c1. The number of hydrogen-bond acceptors (Lipinski definition) is 2. The highest BCUT2D eigenvalue weighted by atomic mass is 16.4. The number of carboxylic acid groups (broad SMARTS) is 1. The monoisotopic (exact) mass is 320 g/mol. The fourth-order valence-corrected chi connectivity index (χ4v) is 3.79. The van der Waals surface area contributed by atoms with E-state index in [0.717, 1.165) is 27.7 Å². The number of H-pyrrole nitrogens is 1. The van der Waals surface area contributed by atoms with Crippen molar-refractivity contribution in [2.24, 2.45) is 0 Å². The number of hydrogen-bond donors (Lipinski definition) is 3. The molecule has 0 spiro atoms. The van der Waals surface area contributed by atoms with Gasteiger partial charge in [0.05, 0.1) is 6.04 Å². The lowest BCUT2D eigenvalue weighted by atomic mass is 9.88. The smallest absolute Gasteiger partial charge is 0.321 e. The number of fused-ring (bicyclic) bond motifs is 3. The summed E-state index contributed by atoms with van der Waals surface area (Å²) in [5.41, 5.74) is 6.76. The average Bonchev–Trinajstić information content (AvgIpc) is 2.93. The van der Waals surface area contributed by atoms with E-state index < -0.39 is 12.0 Å². The van der Waals surface area contributed by atoms with Crippen molar-refractivity contribution in [3.63, 3.8) is 0 Å². The van der Waals surface area contributed by atoms with Gasteiger partial charge in [0.25, 0.3) is 0 Å². The van der Waals surface area contributed by atoms with Crippen molar-refractivity contribution < 1.29 is 9.90 Å². The summed E-state index contributed by atoms with van der Waals surface area (Å²) < 4.78 is 0. The molecule has 4 nitrogen and oxygen atoms in total. The van der Waals surface area contributed by atoms with Gasteiger partial charge in [0, 0.05) is 23.0 Å². The molecular weight excluding hydrogens is 300 g/mol. The van der Waals surface area contributed by atoms with Gasteiger partial charge in [-0.05, 0) is 36.6 Å². The van der Waals surface area contributed by atoms with Crippen LogP contribution in [-0.2, 0) is 11.2 Å². The van der Waals surface area contributed by atoms with Crippen LogP contribution in [0.4, 0.5) is 0 Å². The molecule has 0 radical (unpaired) electrons. The molecule has 0 amide bonds. The predicted molar refractivity (Wildman–Crippen MR) is 94.3 cm³/mol. The third kappa shape index (κ3) is 2.31. The zero-order valence-electron chi connectivity index (χ0n) is 13.8. The maximum absolute atomic E-state index is 11.7. The number of aryl methyl sites for hydroxylation is 2. The fourth-order valence-electron chi connectivity index (χ4n) is 3.79. The number of rotatable bonds is 2. The molecule has 2 atom stereocenters. The lowest BCUT2D eigenvalue weighted by molar-refractivity contribution is -0.139. The van der Waals surface area contributed by atoms with Crippen LogP contribution in [0.5, 0.6) is 0 Å². The minimum atomic E-state index is -0.805. The van der Waals surface area contributed by atoms with Crippen LogP contribution in [0, 0.1) is 13.8 Å². The van der Waals surface area contributed by atoms with E-state index in [1.807, 2.05) is 18.2 Å². The van der Waals surface area contributed by atoms with Crippen LogP contribution in [0.3, 0.4) is 0 Å². The molecule has 4 rings (SSSR count). The molecule has 0 aliphatic carbocycles. The second-order valence-electron chi connectivity index (χ2n) is 6.62. The van der Waals surface area contributed by atoms with Gasteiger partial charge in [0.2, 0.25) is 0 Å². The van der Waals surface area contributed by atoms with Gasteiger partial charge in [0.15, 0.2) is 0 Å². The van der Waals surface area contributed by atoms with E-state index >= 15 is 0 Å². The molecule has 0 unspecified atom stereocenters. The average molecular weight is 320 g/mol. The van der Waals surface area contributed by atoms with Crippen LogP contribution in [0.1, 0.15) is 34.0 Å². The van der Waals surface area contributed by atoms with E-state index in [1.54, 1.807) is 0 Å². The van der Waals surface area contributed by atoms with Crippen molar-refractivity contribution in [1.82, 2.24) is 10.3 Å². The standard InChI is InChI=1S/C20H20N2O2/c1-11-7-8-13(12(2)9-11)18-19-15(10-17(22-18)20(23)24)14-5-3-4-6-16(14)21-19/h3-9,17-18,21-22H,10H2,1-2H3,(H,23,24)/t17-,18-/m0/s1. The zero-order valence-corrected chi connectivity index (χ0v) is 13.8. The summed E-state index contributed by atoms with van der Waals surface area (Å²) in [6.07, 6.45) is 0.496. The van der Waals surface area contributed by atoms with Gasteiger partial charge in [0.1, 0.15) is 6.04 Å². The molecule has 2 aromatic carbocycles. The minimum Gasteiger partial charge on any atom is -0.480 e. The molecule has 1 aromatic heterocycles. The summed E-state index contributed by atoms with van der Waals surface area (Å²) in [5, 5.41) is 14.0. The van der Waals surface area contributed by atoms with Gasteiger partial charge in [-0.3, -0.25) is 10.1 Å². The number of carboxylic acids is 1. The number of aromatic nitrogens is 1. The van der Waals surface area contributed by atoms with Crippen molar-refractivity contribution in [1.29, 1.82) is 0 Å². The Morgan fingerprint density at radius 2 is 1.96 bits per heavy atom. The summed E-state index contributed by atoms with van der Waals surface area (Å²) in [4.78, 5) is 15.2. The summed E-state index contributed by atoms with van der Waals surface area (Å²) in [6, 6.07) is 13.7. The normalized spacial score (nSPS) is 20.1. The number of carbonyl (C=O) groups is 1. The van der Waals surface area contributed by atoms with E-state index in [-0.39, 0.29) is 6.04 Å². The van der Waals surface area contributed by atoms with Crippen LogP contribution >= 0.6 is 0 Å². The topological polar surface area (TPSA) is 65.1 Å². The maximum Gasteiger partial charge on any atom is 0.321 e. The van der Waals surface area contributed by atoms with Crippen molar-refractivity contribution in [3.05, 3.63) is 70.4 Å². The van der Waals surface area contributed by atoms with Gasteiger partial charge < -0.3 is 10.1 Å². The first-order valence-electron chi connectivity index (χ1n) is 8.20. The van der Waals surface area contributed by atoms with E-state index in [2.05, 4.69) is 48.4 Å². The van der Waals surface area contributed by atoms with Gasteiger partial charge >= 0.3 is 5.97 Å². The predicted octanol–water partition coefficient (Wildman–Crippen LogP) is 3.47. The molecule has 3 N–H and O–H groups in total. The Morgan fingerprint density at radius 3 is 2.71 bits per heavy atom. The molecule has 4 heteroatoms. The second-order valence-corrected chi connectivity index (χ2v) is 6.62. The number of aromatic amines is 1. The van der Waals surface area contributed by atoms with Gasteiger partial charge in [-0.1, -0.05) is 42.0 Å². The van der Waals surface area contributed by atoms with Gasteiger partial charge in [-0.15, -0.1) is 0 Å². The summed E-state index contributed by atoms with van der Waals surface area (Å²) in [5.74, 6) is -0.805. The second kappa shape index (κ2) is 5.49. The van der Waals surface area contributed by atoms with E-state index in [1.165, 1.54) is 11.1 Å². The van der Waals surface area contributed by atoms with Crippen LogP contribution in [0.15, 0.2) is 42.5 Å². The van der Waals surface area contributed by atoms with Gasteiger partial charge in [-0.25, -0.2) is 0 Å². The molecule has 0 bridgehead atoms. The number of nitrogens with one attached hydrogen (secondary N) is 2. The molecule has 2 heterocycles. The molecule has 24 heavy (non-hydrogen) atoms. The molecule has 3 aromatic rings. The Hall–Kier alpha value is -2.59. The van der Waals surface area contributed by atoms with Crippen molar-refractivity contribution in [2.75, 3.05) is 0 Å². The third-order valence-corrected chi connectivity index (χ3v) is 4.95. The summed E-state index contributed by atoms with van der Waals surface area (Å²) in [6.45, 7) is 4.15. The first kappa shape index (κ1) is 15.0. The Bertz CT molecular complexity index is 942. The largest absolute Gasteiger partial charge is 0.480 e. The first-order valence-corrected chi connectivity index (χ1v) is 8.20. The molecule has 0 saturated heterocycles. The lowest BCUT2D eigenvalue weighted by Crippen LogP contribution is -2.45.